The van der Waals surface area contributed by atoms with E-state index in [0.717, 1.165) is 0 Å². The SMILES string of the molecule is CC(C)N(CCCO)c1cnc(C(=O)O)cn1. The number of nitrogens with zero attached hydrogens (tertiary/aromatic N) is 3. The number of aliphatic hydroxyl groups is 1. The van der Waals surface area contributed by atoms with Crippen LogP contribution in [0.5, 0.6) is 0 Å². The number of carboxylic acid groups (broad SMARTS) is 1. The first kappa shape index (κ1) is 13.4. The van der Waals surface area contributed by atoms with Gasteiger partial charge in [0.2, 0.25) is 0 Å². The molecule has 1 aromatic rings. The summed E-state index contributed by atoms with van der Waals surface area (Å²) in [6.45, 7) is 4.79. The van der Waals surface area contributed by atoms with Crippen LogP contribution in [0.1, 0.15) is 30.8 Å². The number of aromatic nitrogens is 2. The summed E-state index contributed by atoms with van der Waals surface area (Å²) in [7, 11) is 0. The van der Waals surface area contributed by atoms with E-state index in [1.54, 1.807) is 0 Å². The number of aromatic carboxylic acids is 1. The van der Waals surface area contributed by atoms with Crippen LogP contribution >= 0.6 is 0 Å². The number of carbonyl (C=O) groups is 1. The Labute approximate surface area is 99.9 Å². The predicted molar refractivity (Wildman–Crippen MR) is 63.2 cm³/mol. The van der Waals surface area contributed by atoms with Gasteiger partial charge in [-0.05, 0) is 20.3 Å². The molecule has 0 radical (unpaired) electrons. The standard InChI is InChI=1S/C11H17N3O3/c1-8(2)14(4-3-5-15)10-7-12-9(6-13-10)11(16)17/h6-8,15H,3-5H2,1-2H3,(H,16,17). The Morgan fingerprint density at radius 2 is 2.12 bits per heavy atom. The molecule has 6 nitrogen and oxygen atoms in total. The van der Waals surface area contributed by atoms with Crippen molar-refractivity contribution >= 4 is 11.8 Å². The Morgan fingerprint density at radius 1 is 1.41 bits per heavy atom. The molecule has 0 atom stereocenters. The molecule has 0 unspecified atom stereocenters. The molecule has 0 aliphatic carbocycles. The molecule has 0 amide bonds. The summed E-state index contributed by atoms with van der Waals surface area (Å²) in [4.78, 5) is 20.5. The molecule has 17 heavy (non-hydrogen) atoms. The molecule has 1 aromatic heterocycles. The smallest absolute Gasteiger partial charge is 0.356 e. The lowest BCUT2D eigenvalue weighted by molar-refractivity contribution is 0.0690. The normalized spacial score (nSPS) is 10.6. The van der Waals surface area contributed by atoms with Crippen molar-refractivity contribution in [1.29, 1.82) is 0 Å². The van der Waals surface area contributed by atoms with Crippen LogP contribution in [0.4, 0.5) is 5.82 Å². The second-order valence-electron chi connectivity index (χ2n) is 3.93. The zero-order valence-electron chi connectivity index (χ0n) is 10.00. The minimum absolute atomic E-state index is 0.0698. The maximum atomic E-state index is 10.6. The molecule has 94 valence electrons. The van der Waals surface area contributed by atoms with Crippen molar-refractivity contribution in [2.45, 2.75) is 26.3 Å². The van der Waals surface area contributed by atoms with Gasteiger partial charge in [0.05, 0.1) is 12.4 Å². The highest BCUT2D eigenvalue weighted by Crippen LogP contribution is 2.13. The van der Waals surface area contributed by atoms with E-state index in [-0.39, 0.29) is 18.3 Å². The quantitative estimate of drug-likeness (QED) is 0.762. The van der Waals surface area contributed by atoms with E-state index in [2.05, 4.69) is 9.97 Å². The maximum absolute atomic E-state index is 10.6. The van der Waals surface area contributed by atoms with E-state index in [1.165, 1.54) is 12.4 Å². The van der Waals surface area contributed by atoms with E-state index < -0.39 is 5.97 Å². The first-order valence-electron chi connectivity index (χ1n) is 5.49. The molecule has 1 rings (SSSR count). The van der Waals surface area contributed by atoms with E-state index >= 15 is 0 Å². The molecule has 0 aromatic carbocycles. The fourth-order valence-electron chi connectivity index (χ4n) is 1.46. The molecule has 0 saturated carbocycles. The first-order chi connectivity index (χ1) is 8.06. The van der Waals surface area contributed by atoms with Gasteiger partial charge in [-0.2, -0.15) is 0 Å². The summed E-state index contributed by atoms with van der Waals surface area (Å²) in [6, 6.07) is 0.214. The summed E-state index contributed by atoms with van der Waals surface area (Å²) in [6.07, 6.45) is 3.33. The Balaban J connectivity index is 2.83. The average Bonchev–Trinajstić information content (AvgIpc) is 2.29. The van der Waals surface area contributed by atoms with Crippen LogP contribution in [0.2, 0.25) is 0 Å². The van der Waals surface area contributed by atoms with Crippen molar-refractivity contribution in [3.05, 3.63) is 18.1 Å². The van der Waals surface area contributed by atoms with Crippen LogP contribution in [0.15, 0.2) is 12.4 Å². The van der Waals surface area contributed by atoms with E-state index in [4.69, 9.17) is 10.2 Å². The van der Waals surface area contributed by atoms with Gasteiger partial charge in [-0.3, -0.25) is 0 Å². The highest BCUT2D eigenvalue weighted by Gasteiger charge is 2.13. The Kier molecular flexibility index (Phi) is 4.84. The summed E-state index contributed by atoms with van der Waals surface area (Å²) in [5.74, 6) is -0.464. The molecule has 0 bridgehead atoms. The second-order valence-corrected chi connectivity index (χ2v) is 3.93. The van der Waals surface area contributed by atoms with Gasteiger partial charge in [0.1, 0.15) is 5.82 Å². The lowest BCUT2D eigenvalue weighted by atomic mass is 10.3. The lowest BCUT2D eigenvalue weighted by Gasteiger charge is -2.27. The largest absolute Gasteiger partial charge is 0.476 e. The van der Waals surface area contributed by atoms with Gasteiger partial charge in [0.15, 0.2) is 5.69 Å². The monoisotopic (exact) mass is 239 g/mol. The summed E-state index contributed by atoms with van der Waals surface area (Å²) in [5, 5.41) is 17.5. The van der Waals surface area contributed by atoms with Crippen LogP contribution in [-0.4, -0.2) is 45.3 Å². The van der Waals surface area contributed by atoms with Gasteiger partial charge in [-0.1, -0.05) is 0 Å². The number of aliphatic hydroxyl groups excluding tert-OH is 1. The molecule has 1 heterocycles. The van der Waals surface area contributed by atoms with E-state index in [9.17, 15) is 4.79 Å². The number of hydrogen-bond acceptors (Lipinski definition) is 5. The van der Waals surface area contributed by atoms with Gasteiger partial charge >= 0.3 is 5.97 Å². The lowest BCUT2D eigenvalue weighted by Crippen LogP contribution is -2.33. The number of hydrogen-bond donors (Lipinski definition) is 2. The van der Waals surface area contributed by atoms with Gasteiger partial charge in [-0.25, -0.2) is 14.8 Å². The van der Waals surface area contributed by atoms with Crippen molar-refractivity contribution in [2.75, 3.05) is 18.1 Å². The number of anilines is 1. The van der Waals surface area contributed by atoms with E-state index in [0.29, 0.717) is 18.8 Å². The Bertz CT molecular complexity index is 365. The van der Waals surface area contributed by atoms with Crippen molar-refractivity contribution < 1.29 is 15.0 Å². The van der Waals surface area contributed by atoms with Gasteiger partial charge in [0.25, 0.3) is 0 Å². The zero-order valence-corrected chi connectivity index (χ0v) is 10.00. The Hall–Kier alpha value is -1.69. The fraction of sp³-hybridized carbons (Fsp3) is 0.545. The third-order valence-corrected chi connectivity index (χ3v) is 2.33. The maximum Gasteiger partial charge on any atom is 0.356 e. The fourth-order valence-corrected chi connectivity index (χ4v) is 1.46. The first-order valence-corrected chi connectivity index (χ1v) is 5.49. The van der Waals surface area contributed by atoms with Gasteiger partial charge in [0, 0.05) is 19.2 Å². The molecule has 0 aliphatic rings. The number of carboxylic acids is 1. The number of rotatable bonds is 6. The van der Waals surface area contributed by atoms with Crippen LogP contribution < -0.4 is 4.90 Å². The molecular formula is C11H17N3O3. The highest BCUT2D eigenvalue weighted by atomic mass is 16.4. The van der Waals surface area contributed by atoms with Crippen LogP contribution in [0, 0.1) is 0 Å². The molecule has 0 fully saturated rings. The third kappa shape index (κ3) is 3.67. The summed E-state index contributed by atoms with van der Waals surface area (Å²) in [5.41, 5.74) is -0.0698. The van der Waals surface area contributed by atoms with Crippen molar-refractivity contribution in [3.63, 3.8) is 0 Å². The topological polar surface area (TPSA) is 86.5 Å². The van der Waals surface area contributed by atoms with Crippen molar-refractivity contribution in [1.82, 2.24) is 9.97 Å². The van der Waals surface area contributed by atoms with Crippen LogP contribution in [-0.2, 0) is 0 Å². The van der Waals surface area contributed by atoms with Gasteiger partial charge in [-0.15, -0.1) is 0 Å². The van der Waals surface area contributed by atoms with E-state index in [1.807, 2.05) is 18.7 Å². The highest BCUT2D eigenvalue weighted by molar-refractivity contribution is 5.84. The molecule has 0 spiro atoms. The zero-order chi connectivity index (χ0) is 12.8. The van der Waals surface area contributed by atoms with Gasteiger partial charge < -0.3 is 15.1 Å². The third-order valence-electron chi connectivity index (χ3n) is 2.33. The van der Waals surface area contributed by atoms with Crippen molar-refractivity contribution in [3.8, 4) is 0 Å². The van der Waals surface area contributed by atoms with Crippen molar-refractivity contribution in [2.24, 2.45) is 0 Å². The Morgan fingerprint density at radius 3 is 2.53 bits per heavy atom. The molecular weight excluding hydrogens is 222 g/mol. The summed E-state index contributed by atoms with van der Waals surface area (Å²) >= 11 is 0. The minimum atomic E-state index is -1.09. The average molecular weight is 239 g/mol. The van der Waals surface area contributed by atoms with Crippen LogP contribution in [0.25, 0.3) is 0 Å². The minimum Gasteiger partial charge on any atom is -0.476 e. The summed E-state index contributed by atoms with van der Waals surface area (Å²) < 4.78 is 0. The predicted octanol–water partition coefficient (Wildman–Crippen LogP) is 0.772. The molecule has 6 heteroatoms. The molecule has 0 aliphatic heterocycles. The molecule has 2 N–H and O–H groups in total. The second kappa shape index (κ2) is 6.15. The van der Waals surface area contributed by atoms with Crippen LogP contribution in [0.3, 0.4) is 0 Å². The molecule has 0 saturated heterocycles.